The summed E-state index contributed by atoms with van der Waals surface area (Å²) in [6, 6.07) is 38.6. The van der Waals surface area contributed by atoms with Crippen molar-refractivity contribution in [2.75, 3.05) is 79.3 Å². The first-order valence-electron chi connectivity index (χ1n) is 27.9. The first-order valence-corrected chi connectivity index (χ1v) is 27.9. The van der Waals surface area contributed by atoms with E-state index >= 15 is 0 Å². The van der Waals surface area contributed by atoms with Gasteiger partial charge in [0.15, 0.2) is 0 Å². The van der Waals surface area contributed by atoms with Crippen LogP contribution < -0.4 is 37.9 Å². The van der Waals surface area contributed by atoms with Crippen molar-refractivity contribution in [3.63, 3.8) is 0 Å². The van der Waals surface area contributed by atoms with E-state index in [4.69, 9.17) is 61.6 Å². The zero-order valence-corrected chi connectivity index (χ0v) is 47.3. The van der Waals surface area contributed by atoms with Crippen LogP contribution in [0.3, 0.4) is 0 Å². The SMILES string of the molecule is C=CC(=O)OCCCCCCOc1ccc(C(=O)Oc2ccc(OC(=O)c3ccc(OCCOCCOCCOCCOc4ccc(C(=O)Oc5ccc(OC(=O)c6ccc(OCCCCCCOC(=O)C=C)cc6)cc5)cc4)cc3)cc2)cc1. The van der Waals surface area contributed by atoms with Gasteiger partial charge in [0, 0.05) is 12.2 Å². The smallest absolute Gasteiger partial charge is 0.343 e. The first-order chi connectivity index (χ1) is 41.5. The topological polar surface area (TPSA) is 222 Å². The Balaban J connectivity index is 0.731. The number of rotatable bonds is 40. The Morgan fingerprint density at radius 2 is 0.471 bits per heavy atom. The Morgan fingerprint density at radius 1 is 0.259 bits per heavy atom. The van der Waals surface area contributed by atoms with Gasteiger partial charge in [-0.3, -0.25) is 0 Å². The van der Waals surface area contributed by atoms with E-state index in [2.05, 4.69) is 13.2 Å². The standard InChI is InChI=1S/C66H70O19/c1-3-61(67)80-39-11-7-5-9-37-76-53-21-13-49(14-22-53)63(69)82-57-29-33-59(34-30-57)84-65(71)51-17-25-55(26-18-51)78-47-45-74-43-41-73-42-44-75-46-48-79-56-27-19-52(20-28-56)66(72)85-60-35-31-58(32-36-60)83-64(70)50-15-23-54(24-16-50)77-38-10-6-8-12-40-81-62(68)4-2/h3-4,13-36H,1-2,5-12,37-48H2. The summed E-state index contributed by atoms with van der Waals surface area (Å²) in [7, 11) is 0. The van der Waals surface area contributed by atoms with Gasteiger partial charge >= 0.3 is 35.8 Å². The molecule has 19 nitrogen and oxygen atoms in total. The Labute approximate surface area is 494 Å². The lowest BCUT2D eigenvalue weighted by Gasteiger charge is -2.10. The van der Waals surface area contributed by atoms with Crippen LogP contribution in [0.25, 0.3) is 0 Å². The molecule has 0 aliphatic carbocycles. The van der Waals surface area contributed by atoms with Crippen molar-refractivity contribution in [2.24, 2.45) is 0 Å². The third-order valence-corrected chi connectivity index (χ3v) is 12.0. The zero-order valence-electron chi connectivity index (χ0n) is 47.3. The summed E-state index contributed by atoms with van der Waals surface area (Å²) in [4.78, 5) is 73.2. The van der Waals surface area contributed by atoms with E-state index in [0.29, 0.717) is 111 Å². The lowest BCUT2D eigenvalue weighted by atomic mass is 10.2. The van der Waals surface area contributed by atoms with Crippen LogP contribution in [-0.2, 0) is 33.3 Å². The molecular weight excluding hydrogens is 1100 g/mol. The van der Waals surface area contributed by atoms with Gasteiger partial charge in [-0.2, -0.15) is 0 Å². The Bertz CT molecular complexity index is 2790. The number of carbonyl (C=O) groups is 6. The van der Waals surface area contributed by atoms with Crippen molar-refractivity contribution in [3.05, 3.63) is 193 Å². The fraction of sp³-hybridized carbons (Fsp3) is 0.303. The van der Waals surface area contributed by atoms with Gasteiger partial charge in [-0.05, 0) is 197 Å². The molecule has 0 radical (unpaired) electrons. The van der Waals surface area contributed by atoms with Crippen LogP contribution in [0.15, 0.2) is 171 Å². The van der Waals surface area contributed by atoms with E-state index in [-0.39, 0.29) is 36.2 Å². The van der Waals surface area contributed by atoms with E-state index in [1.807, 2.05) is 0 Å². The second-order valence-corrected chi connectivity index (χ2v) is 18.4. The molecule has 85 heavy (non-hydrogen) atoms. The molecule has 0 N–H and O–H groups in total. The second-order valence-electron chi connectivity index (χ2n) is 18.4. The largest absolute Gasteiger partial charge is 0.494 e. The molecule has 6 aromatic carbocycles. The summed E-state index contributed by atoms with van der Waals surface area (Å²) >= 11 is 0. The normalized spacial score (nSPS) is 10.6. The molecule has 448 valence electrons. The highest BCUT2D eigenvalue weighted by molar-refractivity contribution is 5.93. The lowest BCUT2D eigenvalue weighted by Crippen LogP contribution is -2.14. The van der Waals surface area contributed by atoms with Crippen LogP contribution in [0.4, 0.5) is 0 Å². The Kier molecular flexibility index (Phi) is 28.8. The third kappa shape index (κ3) is 25.4. The van der Waals surface area contributed by atoms with Crippen LogP contribution in [-0.4, -0.2) is 115 Å². The fourth-order valence-electron chi connectivity index (χ4n) is 7.50. The van der Waals surface area contributed by atoms with Crippen molar-refractivity contribution in [1.29, 1.82) is 0 Å². The van der Waals surface area contributed by atoms with Crippen molar-refractivity contribution in [2.45, 2.75) is 51.4 Å². The number of unbranched alkanes of at least 4 members (excludes halogenated alkanes) is 6. The predicted molar refractivity (Wildman–Crippen MR) is 312 cm³/mol. The molecule has 0 bridgehead atoms. The molecule has 0 unspecified atom stereocenters. The van der Waals surface area contributed by atoms with Crippen molar-refractivity contribution < 1.29 is 90.3 Å². The summed E-state index contributed by atoms with van der Waals surface area (Å²) in [6.45, 7) is 11.2. The molecule has 6 rings (SSSR count). The van der Waals surface area contributed by atoms with Gasteiger partial charge in [0.1, 0.15) is 59.2 Å². The molecule has 0 saturated heterocycles. The number of hydrogen-bond acceptors (Lipinski definition) is 19. The van der Waals surface area contributed by atoms with Crippen molar-refractivity contribution in [1.82, 2.24) is 0 Å². The number of ether oxygens (including phenoxy) is 13. The predicted octanol–water partition coefficient (Wildman–Crippen LogP) is 11.4. The van der Waals surface area contributed by atoms with Crippen LogP contribution in [0.5, 0.6) is 46.0 Å². The van der Waals surface area contributed by atoms with Gasteiger partial charge in [-0.25, -0.2) is 28.8 Å². The summed E-state index contributed by atoms with van der Waals surface area (Å²) in [5, 5.41) is 0. The maximum Gasteiger partial charge on any atom is 0.343 e. The molecule has 0 aliphatic heterocycles. The molecular formula is C66H70O19. The molecule has 0 saturated carbocycles. The Hall–Kier alpha value is -9.30. The minimum Gasteiger partial charge on any atom is -0.494 e. The Morgan fingerprint density at radius 3 is 0.718 bits per heavy atom. The number of benzene rings is 6. The molecule has 0 spiro atoms. The molecule has 0 heterocycles. The average Bonchev–Trinajstić information content (AvgIpc) is 3.67. The quantitative estimate of drug-likeness (QED) is 0.0151. The molecule has 0 aromatic heterocycles. The second kappa shape index (κ2) is 37.7. The van der Waals surface area contributed by atoms with E-state index < -0.39 is 35.8 Å². The van der Waals surface area contributed by atoms with Gasteiger partial charge in [0.25, 0.3) is 0 Å². The average molecular weight is 1170 g/mol. The minimum atomic E-state index is -0.570. The minimum absolute atomic E-state index is 0.272. The summed E-state index contributed by atoms with van der Waals surface area (Å²) in [5.74, 6) is 0.394. The van der Waals surface area contributed by atoms with E-state index in [1.54, 1.807) is 97.1 Å². The molecule has 6 aromatic rings. The summed E-state index contributed by atoms with van der Waals surface area (Å²) < 4.78 is 71.6. The highest BCUT2D eigenvalue weighted by atomic mass is 16.6. The van der Waals surface area contributed by atoms with Crippen molar-refractivity contribution in [3.8, 4) is 46.0 Å². The van der Waals surface area contributed by atoms with Crippen molar-refractivity contribution >= 4 is 35.8 Å². The van der Waals surface area contributed by atoms with E-state index in [0.717, 1.165) is 63.5 Å². The van der Waals surface area contributed by atoms with E-state index in [1.165, 1.54) is 48.5 Å². The van der Waals surface area contributed by atoms with E-state index in [9.17, 15) is 28.8 Å². The number of carbonyl (C=O) groups excluding carboxylic acids is 6. The van der Waals surface area contributed by atoms with Gasteiger partial charge in [-0.1, -0.05) is 13.2 Å². The highest BCUT2D eigenvalue weighted by Gasteiger charge is 2.15. The third-order valence-electron chi connectivity index (χ3n) is 12.0. The first kappa shape index (κ1) is 64.9. The molecule has 0 atom stereocenters. The zero-order chi connectivity index (χ0) is 60.1. The molecule has 0 fully saturated rings. The fourth-order valence-corrected chi connectivity index (χ4v) is 7.50. The molecule has 0 amide bonds. The van der Waals surface area contributed by atoms with Crippen LogP contribution >= 0.6 is 0 Å². The summed E-state index contributed by atoms with van der Waals surface area (Å²) in [6.07, 6.45) is 9.20. The molecule has 0 aliphatic rings. The maximum absolute atomic E-state index is 12.8. The van der Waals surface area contributed by atoms with Gasteiger partial charge in [0.05, 0.1) is 88.3 Å². The van der Waals surface area contributed by atoms with Gasteiger partial charge < -0.3 is 61.6 Å². The van der Waals surface area contributed by atoms with Gasteiger partial charge in [-0.15, -0.1) is 0 Å². The number of hydrogen-bond donors (Lipinski definition) is 0. The highest BCUT2D eigenvalue weighted by Crippen LogP contribution is 2.24. The monoisotopic (exact) mass is 1170 g/mol. The number of esters is 6. The summed E-state index contributed by atoms with van der Waals surface area (Å²) in [5.41, 5.74) is 1.32. The molecule has 19 heteroatoms. The lowest BCUT2D eigenvalue weighted by molar-refractivity contribution is -0.138. The maximum atomic E-state index is 12.8. The van der Waals surface area contributed by atoms with Crippen LogP contribution in [0, 0.1) is 0 Å². The van der Waals surface area contributed by atoms with Crippen LogP contribution in [0.1, 0.15) is 92.8 Å². The van der Waals surface area contributed by atoms with Gasteiger partial charge in [0.2, 0.25) is 0 Å². The van der Waals surface area contributed by atoms with Crippen LogP contribution in [0.2, 0.25) is 0 Å².